The second-order valence-electron chi connectivity index (χ2n) is 3.83. The maximum atomic E-state index is 12.1. The van der Waals surface area contributed by atoms with Crippen molar-refractivity contribution in [1.82, 2.24) is 4.98 Å². The highest BCUT2D eigenvalue weighted by molar-refractivity contribution is 9.11. The third-order valence-electron chi connectivity index (χ3n) is 2.26. The number of rotatable bonds is 5. The molecule has 2 aromatic heterocycles. The lowest BCUT2D eigenvalue weighted by Crippen LogP contribution is -2.12. The molecule has 0 spiro atoms. The number of anilines is 1. The maximum Gasteiger partial charge on any atom is 0.359 e. The number of ether oxygens (including phenoxy) is 1. The first-order valence-corrected chi connectivity index (χ1v) is 8.85. The number of furan rings is 1. The molecule has 0 aliphatic heterocycles. The van der Waals surface area contributed by atoms with Crippen LogP contribution in [-0.2, 0) is 14.8 Å². The molecule has 0 saturated heterocycles. The lowest BCUT2D eigenvalue weighted by molar-refractivity contribution is 0.0519. The Hall–Kier alpha value is -1.39. The Balaban J connectivity index is 2.24. The Bertz CT molecular complexity index is 765. The van der Waals surface area contributed by atoms with Gasteiger partial charge in [0, 0.05) is 0 Å². The smallest absolute Gasteiger partial charge is 0.359 e. The van der Waals surface area contributed by atoms with Crippen LogP contribution < -0.4 is 4.72 Å². The lowest BCUT2D eigenvalue weighted by Gasteiger charge is -2.01. The Labute approximate surface area is 133 Å². The summed E-state index contributed by atoms with van der Waals surface area (Å²) in [4.78, 5) is 15.5. The van der Waals surface area contributed by atoms with Crippen molar-refractivity contribution in [3.63, 3.8) is 0 Å². The summed E-state index contributed by atoms with van der Waals surface area (Å²) in [5, 5.41) is -0.178. The van der Waals surface area contributed by atoms with Gasteiger partial charge in [0.25, 0.3) is 10.0 Å². The van der Waals surface area contributed by atoms with Gasteiger partial charge in [-0.2, -0.15) is 8.42 Å². The van der Waals surface area contributed by atoms with Crippen LogP contribution in [0.4, 0.5) is 5.13 Å². The molecular formula is C11H11BrN2O5S2. The van der Waals surface area contributed by atoms with Crippen LogP contribution in [0.5, 0.6) is 0 Å². The molecule has 114 valence electrons. The van der Waals surface area contributed by atoms with E-state index in [9.17, 15) is 13.2 Å². The first-order chi connectivity index (χ1) is 9.83. The monoisotopic (exact) mass is 394 g/mol. The van der Waals surface area contributed by atoms with Gasteiger partial charge in [0.1, 0.15) is 9.55 Å². The fourth-order valence-electron chi connectivity index (χ4n) is 1.39. The standard InChI is InChI=1S/C11H11BrN2O5S2/c1-3-18-10(15)8-9(12)20-11(13-8)14-21(16,17)7-5-4-6(2)19-7/h4-5H,3H2,1-2H3,(H,13,14). The van der Waals surface area contributed by atoms with Crippen molar-refractivity contribution in [3.8, 4) is 0 Å². The number of thiazole rings is 1. The lowest BCUT2D eigenvalue weighted by atomic mass is 10.5. The van der Waals surface area contributed by atoms with Gasteiger partial charge in [-0.1, -0.05) is 11.3 Å². The Morgan fingerprint density at radius 2 is 2.24 bits per heavy atom. The molecule has 2 rings (SSSR count). The summed E-state index contributed by atoms with van der Waals surface area (Å²) in [5.41, 5.74) is 0.0233. The van der Waals surface area contributed by atoms with E-state index in [4.69, 9.17) is 9.15 Å². The molecule has 7 nitrogen and oxygen atoms in total. The number of hydrogen-bond acceptors (Lipinski definition) is 7. The van der Waals surface area contributed by atoms with E-state index in [0.717, 1.165) is 11.3 Å². The molecule has 0 saturated carbocycles. The van der Waals surface area contributed by atoms with Crippen LogP contribution >= 0.6 is 27.3 Å². The average Bonchev–Trinajstić information content (AvgIpc) is 2.96. The molecule has 2 heterocycles. The molecule has 2 aromatic rings. The number of nitrogens with one attached hydrogen (secondary N) is 1. The third kappa shape index (κ3) is 3.63. The largest absolute Gasteiger partial charge is 0.461 e. The minimum absolute atomic E-state index is 0.0233. The van der Waals surface area contributed by atoms with E-state index in [-0.39, 0.29) is 22.5 Å². The molecule has 0 aromatic carbocycles. The van der Waals surface area contributed by atoms with Crippen molar-refractivity contribution in [2.24, 2.45) is 0 Å². The van der Waals surface area contributed by atoms with Gasteiger partial charge in [-0.3, -0.25) is 4.72 Å². The summed E-state index contributed by atoms with van der Waals surface area (Å²) in [6.45, 7) is 3.51. The zero-order valence-corrected chi connectivity index (χ0v) is 14.3. The van der Waals surface area contributed by atoms with Gasteiger partial charge in [-0.15, -0.1) is 0 Å². The van der Waals surface area contributed by atoms with E-state index in [1.807, 2.05) is 0 Å². The second kappa shape index (κ2) is 6.16. The molecule has 0 fully saturated rings. The summed E-state index contributed by atoms with van der Waals surface area (Å²) in [5.74, 6) is -0.150. The van der Waals surface area contributed by atoms with E-state index in [1.165, 1.54) is 12.1 Å². The van der Waals surface area contributed by atoms with E-state index in [2.05, 4.69) is 25.6 Å². The Morgan fingerprint density at radius 3 is 2.81 bits per heavy atom. The number of halogens is 1. The van der Waals surface area contributed by atoms with Gasteiger partial charge in [0.2, 0.25) is 5.09 Å². The molecule has 0 aliphatic rings. The van der Waals surface area contributed by atoms with Crippen molar-refractivity contribution in [2.75, 3.05) is 11.3 Å². The number of sulfonamides is 1. The highest BCUT2D eigenvalue weighted by atomic mass is 79.9. The number of nitrogens with zero attached hydrogens (tertiary/aromatic N) is 1. The van der Waals surface area contributed by atoms with Crippen molar-refractivity contribution in [2.45, 2.75) is 18.9 Å². The summed E-state index contributed by atoms with van der Waals surface area (Å²) < 4.78 is 36.6. The van der Waals surface area contributed by atoms with Crippen molar-refractivity contribution in [1.29, 1.82) is 0 Å². The molecule has 21 heavy (non-hydrogen) atoms. The molecule has 0 unspecified atom stereocenters. The van der Waals surface area contributed by atoms with Gasteiger partial charge >= 0.3 is 5.97 Å². The molecule has 0 amide bonds. The topological polar surface area (TPSA) is 98.5 Å². The second-order valence-corrected chi connectivity index (χ2v) is 7.76. The molecule has 0 bridgehead atoms. The van der Waals surface area contributed by atoms with Crippen molar-refractivity contribution in [3.05, 3.63) is 27.4 Å². The molecule has 1 N–H and O–H groups in total. The molecule has 10 heteroatoms. The minimum Gasteiger partial charge on any atom is -0.461 e. The first-order valence-electron chi connectivity index (χ1n) is 5.76. The number of aromatic nitrogens is 1. The Morgan fingerprint density at radius 1 is 1.52 bits per heavy atom. The summed E-state index contributed by atoms with van der Waals surface area (Å²) in [7, 11) is -3.88. The average molecular weight is 395 g/mol. The summed E-state index contributed by atoms with van der Waals surface area (Å²) in [6.07, 6.45) is 0. The van der Waals surface area contributed by atoms with E-state index >= 15 is 0 Å². The number of carbonyl (C=O) groups is 1. The van der Waals surface area contributed by atoms with Crippen LogP contribution in [0.3, 0.4) is 0 Å². The minimum atomic E-state index is -3.88. The van der Waals surface area contributed by atoms with Gasteiger partial charge in [-0.25, -0.2) is 9.78 Å². The number of carbonyl (C=O) groups excluding carboxylic acids is 1. The van der Waals surface area contributed by atoms with Gasteiger partial charge in [-0.05, 0) is 41.9 Å². The van der Waals surface area contributed by atoms with Crippen LogP contribution in [0.25, 0.3) is 0 Å². The van der Waals surface area contributed by atoms with Crippen LogP contribution in [0.1, 0.15) is 23.2 Å². The number of aryl methyl sites for hydroxylation is 1. The predicted octanol–water partition coefficient (Wildman–Crippen LogP) is 2.78. The molecule has 0 aliphatic carbocycles. The predicted molar refractivity (Wildman–Crippen MR) is 80.0 cm³/mol. The highest BCUT2D eigenvalue weighted by Gasteiger charge is 2.23. The Kier molecular flexibility index (Phi) is 4.69. The van der Waals surface area contributed by atoms with Crippen LogP contribution in [0.2, 0.25) is 0 Å². The first kappa shape index (κ1) is 16.0. The number of esters is 1. The molecule has 0 atom stereocenters. The van der Waals surface area contributed by atoms with Crippen LogP contribution in [-0.4, -0.2) is 26.0 Å². The quantitative estimate of drug-likeness (QED) is 0.782. The van der Waals surface area contributed by atoms with Gasteiger partial charge < -0.3 is 9.15 Å². The normalized spacial score (nSPS) is 11.4. The fraction of sp³-hybridized carbons (Fsp3) is 0.273. The van der Waals surface area contributed by atoms with Crippen LogP contribution in [0.15, 0.2) is 25.4 Å². The SMILES string of the molecule is CCOC(=O)c1nc(NS(=O)(=O)c2ccc(C)o2)sc1Br. The van der Waals surface area contributed by atoms with Crippen molar-refractivity contribution < 1.29 is 22.4 Å². The summed E-state index contributed by atoms with van der Waals surface area (Å²) in [6, 6.07) is 2.88. The fourth-order valence-corrected chi connectivity index (χ4v) is 4.00. The molecular weight excluding hydrogens is 384 g/mol. The third-order valence-corrected chi connectivity index (χ3v) is 5.22. The number of hydrogen-bond donors (Lipinski definition) is 1. The zero-order chi connectivity index (χ0) is 15.6. The maximum absolute atomic E-state index is 12.1. The van der Waals surface area contributed by atoms with Gasteiger partial charge in [0.05, 0.1) is 6.61 Å². The van der Waals surface area contributed by atoms with E-state index in [1.54, 1.807) is 13.8 Å². The van der Waals surface area contributed by atoms with Gasteiger partial charge in [0.15, 0.2) is 10.8 Å². The van der Waals surface area contributed by atoms with Crippen LogP contribution in [0, 0.1) is 6.92 Å². The zero-order valence-electron chi connectivity index (χ0n) is 11.0. The highest BCUT2D eigenvalue weighted by Crippen LogP contribution is 2.30. The van der Waals surface area contributed by atoms with E-state index < -0.39 is 16.0 Å². The van der Waals surface area contributed by atoms with Crippen molar-refractivity contribution >= 4 is 48.4 Å². The van der Waals surface area contributed by atoms with E-state index in [0.29, 0.717) is 9.55 Å². The summed E-state index contributed by atoms with van der Waals surface area (Å²) >= 11 is 4.12. The molecule has 0 radical (unpaired) electrons.